The number of hydrogen-bond acceptors (Lipinski definition) is 4. The fraction of sp³-hybridized carbons (Fsp3) is 0.947. The summed E-state index contributed by atoms with van der Waals surface area (Å²) >= 11 is 0. The maximum absolute atomic E-state index is 12.0. The average Bonchev–Trinajstić information content (AvgIpc) is 2.93. The van der Waals surface area contributed by atoms with Gasteiger partial charge in [0, 0.05) is 24.2 Å². The van der Waals surface area contributed by atoms with Crippen LogP contribution in [-0.2, 0) is 4.74 Å². The maximum atomic E-state index is 12.0. The van der Waals surface area contributed by atoms with Crippen LogP contribution in [0.2, 0.25) is 0 Å². The van der Waals surface area contributed by atoms with Crippen LogP contribution in [0.1, 0.15) is 72.1 Å². The van der Waals surface area contributed by atoms with E-state index in [0.717, 1.165) is 25.8 Å². The Kier molecular flexibility index (Phi) is 6.54. The van der Waals surface area contributed by atoms with Gasteiger partial charge in [0.05, 0.1) is 0 Å². The topological polar surface area (TPSA) is 53.6 Å². The van der Waals surface area contributed by atoms with E-state index in [9.17, 15) is 4.79 Å². The smallest absolute Gasteiger partial charge is 0.407 e. The van der Waals surface area contributed by atoms with E-state index in [4.69, 9.17) is 4.74 Å². The maximum Gasteiger partial charge on any atom is 0.407 e. The molecule has 2 aliphatic rings. The van der Waals surface area contributed by atoms with Gasteiger partial charge < -0.3 is 20.3 Å². The van der Waals surface area contributed by atoms with Crippen LogP contribution >= 0.6 is 0 Å². The molecule has 0 aromatic carbocycles. The van der Waals surface area contributed by atoms with Crippen molar-refractivity contribution in [1.29, 1.82) is 0 Å². The summed E-state index contributed by atoms with van der Waals surface area (Å²) in [5.74, 6) is 0. The summed E-state index contributed by atoms with van der Waals surface area (Å²) in [5, 5.41) is 6.86. The van der Waals surface area contributed by atoms with E-state index in [1.807, 2.05) is 20.8 Å². The summed E-state index contributed by atoms with van der Waals surface area (Å²) in [6, 6.07) is 0.723. The summed E-state index contributed by atoms with van der Waals surface area (Å²) < 4.78 is 5.39. The van der Waals surface area contributed by atoms with Gasteiger partial charge in [-0.1, -0.05) is 12.8 Å². The number of likely N-dealkylation sites (N-methyl/N-ethyl adjacent to an activating group) is 1. The van der Waals surface area contributed by atoms with Gasteiger partial charge in [0.2, 0.25) is 0 Å². The Balaban J connectivity index is 1.79. The van der Waals surface area contributed by atoms with Crippen molar-refractivity contribution in [3.63, 3.8) is 0 Å². The standard InChI is InChI=1S/C19H37N3O2/c1-18(2,3)24-17(23)21-16-10-8-9-15(13-16)20-14-19(22(4)5)11-6-7-12-19/h15-16,20H,6-14H2,1-5H3,(H,21,23). The number of carbonyl (C=O) groups is 1. The van der Waals surface area contributed by atoms with Gasteiger partial charge >= 0.3 is 6.09 Å². The molecule has 2 atom stereocenters. The van der Waals surface area contributed by atoms with Crippen LogP contribution in [0.3, 0.4) is 0 Å². The fourth-order valence-corrected chi connectivity index (χ4v) is 4.13. The van der Waals surface area contributed by atoms with E-state index in [2.05, 4.69) is 29.6 Å². The van der Waals surface area contributed by atoms with Crippen LogP contribution in [0, 0.1) is 0 Å². The molecular formula is C19H37N3O2. The monoisotopic (exact) mass is 339 g/mol. The molecule has 24 heavy (non-hydrogen) atoms. The number of rotatable bonds is 5. The first-order valence-corrected chi connectivity index (χ1v) is 9.60. The lowest BCUT2D eigenvalue weighted by atomic mass is 9.89. The first kappa shape index (κ1) is 19.5. The van der Waals surface area contributed by atoms with Gasteiger partial charge in [-0.05, 0) is 73.4 Å². The van der Waals surface area contributed by atoms with Gasteiger partial charge in [-0.3, -0.25) is 0 Å². The molecule has 0 aromatic heterocycles. The van der Waals surface area contributed by atoms with Crippen molar-refractivity contribution >= 4 is 6.09 Å². The molecule has 2 saturated carbocycles. The second kappa shape index (κ2) is 8.05. The molecule has 0 bridgehead atoms. The van der Waals surface area contributed by atoms with Crippen LogP contribution in [-0.4, -0.2) is 54.9 Å². The fourth-order valence-electron chi connectivity index (χ4n) is 4.13. The largest absolute Gasteiger partial charge is 0.444 e. The van der Waals surface area contributed by atoms with Gasteiger partial charge in [-0.25, -0.2) is 4.79 Å². The molecule has 0 radical (unpaired) electrons. The number of ether oxygens (including phenoxy) is 1. The van der Waals surface area contributed by atoms with Crippen molar-refractivity contribution in [1.82, 2.24) is 15.5 Å². The van der Waals surface area contributed by atoms with Gasteiger partial charge in [0.15, 0.2) is 0 Å². The van der Waals surface area contributed by atoms with E-state index < -0.39 is 5.60 Å². The van der Waals surface area contributed by atoms with Crippen molar-refractivity contribution in [2.24, 2.45) is 0 Å². The molecule has 0 heterocycles. The Hall–Kier alpha value is -0.810. The Bertz CT molecular complexity index is 411. The quantitative estimate of drug-likeness (QED) is 0.807. The molecule has 0 spiro atoms. The van der Waals surface area contributed by atoms with E-state index >= 15 is 0 Å². The van der Waals surface area contributed by atoms with Crippen molar-refractivity contribution in [3.05, 3.63) is 0 Å². The lowest BCUT2D eigenvalue weighted by Gasteiger charge is -2.39. The van der Waals surface area contributed by atoms with Crippen molar-refractivity contribution in [3.8, 4) is 0 Å². The van der Waals surface area contributed by atoms with E-state index in [0.29, 0.717) is 11.6 Å². The van der Waals surface area contributed by atoms with Crippen LogP contribution in [0.15, 0.2) is 0 Å². The van der Waals surface area contributed by atoms with E-state index in [1.165, 1.54) is 32.1 Å². The molecule has 5 nitrogen and oxygen atoms in total. The number of nitrogens with one attached hydrogen (secondary N) is 2. The van der Waals surface area contributed by atoms with Crippen LogP contribution in [0.25, 0.3) is 0 Å². The minimum Gasteiger partial charge on any atom is -0.444 e. The zero-order chi connectivity index (χ0) is 17.8. The molecule has 0 aromatic rings. The summed E-state index contributed by atoms with van der Waals surface area (Å²) in [6.07, 6.45) is 9.40. The Morgan fingerprint density at radius 1 is 1.12 bits per heavy atom. The number of nitrogens with zero attached hydrogens (tertiary/aromatic N) is 1. The SMILES string of the molecule is CN(C)C1(CNC2CCCC(NC(=O)OC(C)(C)C)C2)CCCC1. The van der Waals surface area contributed by atoms with Crippen molar-refractivity contribution < 1.29 is 9.53 Å². The van der Waals surface area contributed by atoms with E-state index in [-0.39, 0.29) is 12.1 Å². The summed E-state index contributed by atoms with van der Waals surface area (Å²) in [7, 11) is 4.42. The van der Waals surface area contributed by atoms with Crippen molar-refractivity contribution in [2.45, 2.75) is 95.4 Å². The zero-order valence-electron chi connectivity index (χ0n) is 16.3. The normalized spacial score (nSPS) is 27.2. The van der Waals surface area contributed by atoms with Crippen molar-refractivity contribution in [2.75, 3.05) is 20.6 Å². The molecule has 2 rings (SSSR count). The molecular weight excluding hydrogens is 302 g/mol. The van der Waals surface area contributed by atoms with Gasteiger partial charge in [0.1, 0.15) is 5.60 Å². The van der Waals surface area contributed by atoms with Gasteiger partial charge in [0.25, 0.3) is 0 Å². The average molecular weight is 340 g/mol. The number of amides is 1. The molecule has 5 heteroatoms. The summed E-state index contributed by atoms with van der Waals surface area (Å²) in [5.41, 5.74) is -0.109. The molecule has 0 saturated heterocycles. The highest BCUT2D eigenvalue weighted by Gasteiger charge is 2.36. The van der Waals surface area contributed by atoms with Crippen LogP contribution < -0.4 is 10.6 Å². The Labute approximate surface area is 147 Å². The zero-order valence-corrected chi connectivity index (χ0v) is 16.3. The molecule has 2 aliphatic carbocycles. The highest BCUT2D eigenvalue weighted by Crippen LogP contribution is 2.33. The number of hydrogen-bond donors (Lipinski definition) is 2. The molecule has 0 aliphatic heterocycles. The van der Waals surface area contributed by atoms with Gasteiger partial charge in [-0.15, -0.1) is 0 Å². The third-order valence-electron chi connectivity index (χ3n) is 5.60. The third-order valence-corrected chi connectivity index (χ3v) is 5.60. The molecule has 2 unspecified atom stereocenters. The molecule has 2 N–H and O–H groups in total. The highest BCUT2D eigenvalue weighted by atomic mass is 16.6. The van der Waals surface area contributed by atoms with E-state index in [1.54, 1.807) is 0 Å². The second-order valence-electron chi connectivity index (χ2n) is 8.91. The first-order chi connectivity index (χ1) is 11.2. The second-order valence-corrected chi connectivity index (χ2v) is 8.91. The lowest BCUT2D eigenvalue weighted by molar-refractivity contribution is 0.0486. The first-order valence-electron chi connectivity index (χ1n) is 9.60. The van der Waals surface area contributed by atoms with Crippen LogP contribution in [0.4, 0.5) is 4.79 Å². The lowest BCUT2D eigenvalue weighted by Crippen LogP contribution is -2.53. The minimum absolute atomic E-state index is 0.227. The predicted molar refractivity (Wildman–Crippen MR) is 98.3 cm³/mol. The Morgan fingerprint density at radius 2 is 1.75 bits per heavy atom. The highest BCUT2D eigenvalue weighted by molar-refractivity contribution is 5.68. The summed E-state index contributed by atoms with van der Waals surface area (Å²) in [6.45, 7) is 6.77. The third kappa shape index (κ3) is 5.62. The molecule has 140 valence electrons. The summed E-state index contributed by atoms with van der Waals surface area (Å²) in [4.78, 5) is 14.4. The minimum atomic E-state index is -0.434. The molecule has 2 fully saturated rings. The van der Waals surface area contributed by atoms with Gasteiger partial charge in [-0.2, -0.15) is 0 Å². The number of alkyl carbamates (subject to hydrolysis) is 1. The van der Waals surface area contributed by atoms with Crippen LogP contribution in [0.5, 0.6) is 0 Å². The predicted octanol–water partition coefficient (Wildman–Crippen LogP) is 3.29. The Morgan fingerprint density at radius 3 is 2.33 bits per heavy atom. The molecule has 1 amide bonds. The number of carbonyl (C=O) groups excluding carboxylic acids is 1.